The molecule has 1 aliphatic rings. The second-order valence-corrected chi connectivity index (χ2v) is 5.15. The molecule has 1 saturated heterocycles. The number of hydrogen-bond donors (Lipinski definition) is 2. The zero-order valence-electron chi connectivity index (χ0n) is 11.3. The van der Waals surface area contributed by atoms with E-state index in [1.165, 1.54) is 0 Å². The second kappa shape index (κ2) is 6.43. The van der Waals surface area contributed by atoms with Crippen LogP contribution in [0.15, 0.2) is 18.2 Å². The summed E-state index contributed by atoms with van der Waals surface area (Å²) in [6, 6.07) is 1.85. The number of alkyl halides is 3. The predicted octanol–water partition coefficient (Wildman–Crippen LogP) is 2.57. The highest BCUT2D eigenvalue weighted by molar-refractivity contribution is 5.94. The third-order valence-electron chi connectivity index (χ3n) is 3.44. The first-order valence-corrected chi connectivity index (χ1v) is 6.73. The van der Waals surface area contributed by atoms with Crippen molar-refractivity contribution >= 4 is 5.91 Å². The lowest BCUT2D eigenvalue weighted by molar-refractivity contribution is -0.137. The molecule has 2 rings (SSSR count). The zero-order chi connectivity index (χ0) is 15.5. The number of carbonyl (C=O) groups excluding carboxylic acids is 1. The average molecular weight is 304 g/mol. The van der Waals surface area contributed by atoms with Crippen LogP contribution in [0.1, 0.15) is 28.8 Å². The van der Waals surface area contributed by atoms with Crippen LogP contribution in [0.2, 0.25) is 0 Å². The van der Waals surface area contributed by atoms with E-state index >= 15 is 0 Å². The van der Waals surface area contributed by atoms with Gasteiger partial charge in [-0.15, -0.1) is 0 Å². The summed E-state index contributed by atoms with van der Waals surface area (Å²) in [5.74, 6) is -1.52. The zero-order valence-corrected chi connectivity index (χ0v) is 11.3. The van der Waals surface area contributed by atoms with Crippen molar-refractivity contribution in [2.45, 2.75) is 19.0 Å². The van der Waals surface area contributed by atoms with Gasteiger partial charge in [-0.1, -0.05) is 0 Å². The fourth-order valence-corrected chi connectivity index (χ4v) is 2.32. The summed E-state index contributed by atoms with van der Waals surface area (Å²) in [4.78, 5) is 11.9. The molecule has 0 bridgehead atoms. The maximum atomic E-state index is 13.2. The molecule has 1 aromatic rings. The van der Waals surface area contributed by atoms with Gasteiger partial charge >= 0.3 is 6.18 Å². The molecule has 1 amide bonds. The standard InChI is InChI=1S/C14H16F4N2O/c15-12-5-10(4-11(6-12)14(16,17)18)13(21)20-8-9-2-1-3-19-7-9/h4-6,9,19H,1-3,7-8H2,(H,20,21)/t9-/m1/s1. The molecule has 0 radical (unpaired) electrons. The molecule has 7 heteroatoms. The summed E-state index contributed by atoms with van der Waals surface area (Å²) in [5, 5.41) is 5.74. The van der Waals surface area contributed by atoms with Gasteiger partial charge in [-0.05, 0) is 50.0 Å². The lowest BCUT2D eigenvalue weighted by Gasteiger charge is -2.22. The van der Waals surface area contributed by atoms with Gasteiger partial charge in [0, 0.05) is 12.1 Å². The molecule has 0 saturated carbocycles. The van der Waals surface area contributed by atoms with Crippen LogP contribution < -0.4 is 10.6 Å². The Morgan fingerprint density at radius 3 is 2.71 bits per heavy atom. The number of rotatable bonds is 3. The van der Waals surface area contributed by atoms with Crippen LogP contribution in [-0.4, -0.2) is 25.5 Å². The number of benzene rings is 1. The van der Waals surface area contributed by atoms with Gasteiger partial charge in [0.05, 0.1) is 5.56 Å². The molecule has 1 atom stereocenters. The topological polar surface area (TPSA) is 41.1 Å². The Morgan fingerprint density at radius 1 is 1.33 bits per heavy atom. The first-order valence-electron chi connectivity index (χ1n) is 6.73. The van der Waals surface area contributed by atoms with E-state index in [1.807, 2.05) is 0 Å². The summed E-state index contributed by atoms with van der Waals surface area (Å²) in [5.41, 5.74) is -1.47. The summed E-state index contributed by atoms with van der Waals surface area (Å²) < 4.78 is 51.0. The molecule has 21 heavy (non-hydrogen) atoms. The SMILES string of the molecule is O=C(NC[C@@H]1CCCNC1)c1cc(F)cc(C(F)(F)F)c1. The Labute approximate surface area is 119 Å². The smallest absolute Gasteiger partial charge is 0.352 e. The molecule has 116 valence electrons. The molecule has 0 unspecified atom stereocenters. The van der Waals surface area contributed by atoms with Crippen LogP contribution in [0.25, 0.3) is 0 Å². The number of carbonyl (C=O) groups is 1. The van der Waals surface area contributed by atoms with Gasteiger partial charge in [0.15, 0.2) is 0 Å². The van der Waals surface area contributed by atoms with E-state index in [2.05, 4.69) is 10.6 Å². The first kappa shape index (κ1) is 15.8. The molecule has 3 nitrogen and oxygen atoms in total. The van der Waals surface area contributed by atoms with Crippen LogP contribution in [0.3, 0.4) is 0 Å². The molecule has 0 aliphatic carbocycles. The van der Waals surface area contributed by atoms with Crippen molar-refractivity contribution in [1.82, 2.24) is 10.6 Å². The molecule has 0 aromatic heterocycles. The third kappa shape index (κ3) is 4.42. The lowest BCUT2D eigenvalue weighted by Crippen LogP contribution is -2.38. The predicted molar refractivity (Wildman–Crippen MR) is 69.3 cm³/mol. The minimum Gasteiger partial charge on any atom is -0.352 e. The molecular formula is C14H16F4N2O. The van der Waals surface area contributed by atoms with Crippen LogP contribution in [0, 0.1) is 11.7 Å². The van der Waals surface area contributed by atoms with E-state index in [0.29, 0.717) is 18.7 Å². The monoisotopic (exact) mass is 304 g/mol. The summed E-state index contributed by atoms with van der Waals surface area (Å²) in [6.45, 7) is 2.06. The Bertz CT molecular complexity index is 510. The molecule has 1 fully saturated rings. The first-order chi connectivity index (χ1) is 9.86. The van der Waals surface area contributed by atoms with E-state index in [1.54, 1.807) is 0 Å². The number of halogens is 4. The van der Waals surface area contributed by atoms with E-state index in [-0.39, 0.29) is 11.5 Å². The van der Waals surface area contributed by atoms with Gasteiger partial charge < -0.3 is 10.6 Å². The highest BCUT2D eigenvalue weighted by Gasteiger charge is 2.32. The van der Waals surface area contributed by atoms with Gasteiger partial charge in [0.1, 0.15) is 5.82 Å². The van der Waals surface area contributed by atoms with Crippen molar-refractivity contribution in [2.75, 3.05) is 19.6 Å². The van der Waals surface area contributed by atoms with Gasteiger partial charge in [-0.3, -0.25) is 4.79 Å². The summed E-state index contributed by atoms with van der Waals surface area (Å²) in [7, 11) is 0. The molecule has 0 spiro atoms. The Balaban J connectivity index is 2.03. The maximum absolute atomic E-state index is 13.2. The minimum atomic E-state index is -4.68. The summed E-state index contributed by atoms with van der Waals surface area (Å²) >= 11 is 0. The highest BCUT2D eigenvalue weighted by atomic mass is 19.4. The molecule has 1 aliphatic heterocycles. The van der Waals surface area contributed by atoms with Gasteiger partial charge in [0.2, 0.25) is 0 Å². The number of piperidine rings is 1. The largest absolute Gasteiger partial charge is 0.416 e. The van der Waals surface area contributed by atoms with Crippen LogP contribution >= 0.6 is 0 Å². The van der Waals surface area contributed by atoms with Crippen molar-refractivity contribution < 1.29 is 22.4 Å². The summed E-state index contributed by atoms with van der Waals surface area (Å²) in [6.07, 6.45) is -2.73. The van der Waals surface area contributed by atoms with Crippen molar-refractivity contribution in [1.29, 1.82) is 0 Å². The highest BCUT2D eigenvalue weighted by Crippen LogP contribution is 2.30. The molecule has 1 heterocycles. The third-order valence-corrected chi connectivity index (χ3v) is 3.44. The van der Waals surface area contributed by atoms with Crippen LogP contribution in [0.4, 0.5) is 17.6 Å². The Morgan fingerprint density at radius 2 is 2.10 bits per heavy atom. The van der Waals surface area contributed by atoms with Crippen molar-refractivity contribution in [3.8, 4) is 0 Å². The van der Waals surface area contributed by atoms with Crippen molar-refractivity contribution in [3.05, 3.63) is 35.1 Å². The number of hydrogen-bond acceptors (Lipinski definition) is 2. The quantitative estimate of drug-likeness (QED) is 0.843. The minimum absolute atomic E-state index is 0.248. The lowest BCUT2D eigenvalue weighted by atomic mass is 9.99. The number of amides is 1. The number of nitrogens with one attached hydrogen (secondary N) is 2. The van der Waals surface area contributed by atoms with Gasteiger partial charge in [-0.2, -0.15) is 13.2 Å². The van der Waals surface area contributed by atoms with E-state index in [9.17, 15) is 22.4 Å². The Hall–Kier alpha value is -1.63. The fraction of sp³-hybridized carbons (Fsp3) is 0.500. The van der Waals surface area contributed by atoms with Crippen LogP contribution in [0.5, 0.6) is 0 Å². The van der Waals surface area contributed by atoms with Crippen LogP contribution in [-0.2, 0) is 6.18 Å². The fourth-order valence-electron chi connectivity index (χ4n) is 2.32. The van der Waals surface area contributed by atoms with Crippen molar-refractivity contribution in [2.24, 2.45) is 5.92 Å². The maximum Gasteiger partial charge on any atom is 0.416 e. The van der Waals surface area contributed by atoms with Gasteiger partial charge in [-0.25, -0.2) is 4.39 Å². The normalized spacial score (nSPS) is 19.3. The molecule has 2 N–H and O–H groups in total. The van der Waals surface area contributed by atoms with E-state index in [0.717, 1.165) is 32.0 Å². The van der Waals surface area contributed by atoms with Crippen molar-refractivity contribution in [3.63, 3.8) is 0 Å². The Kier molecular flexibility index (Phi) is 4.82. The van der Waals surface area contributed by atoms with E-state index in [4.69, 9.17) is 0 Å². The second-order valence-electron chi connectivity index (χ2n) is 5.15. The molecular weight excluding hydrogens is 288 g/mol. The average Bonchev–Trinajstić information content (AvgIpc) is 2.44. The molecule has 1 aromatic carbocycles. The van der Waals surface area contributed by atoms with E-state index < -0.39 is 23.5 Å². The van der Waals surface area contributed by atoms with Gasteiger partial charge in [0.25, 0.3) is 5.91 Å².